The number of likely N-dealkylation sites (tertiary alicyclic amines) is 1. The number of aliphatic hydroxyl groups excluding tert-OH is 1. The van der Waals surface area contributed by atoms with E-state index in [1.807, 2.05) is 66.7 Å². The van der Waals surface area contributed by atoms with E-state index in [0.29, 0.717) is 35.9 Å². The number of hydrogen-bond acceptors (Lipinski definition) is 7. The van der Waals surface area contributed by atoms with Crippen molar-refractivity contribution in [2.45, 2.75) is 70.8 Å². The smallest absolute Gasteiger partial charge is 0.395 e. The Morgan fingerprint density at radius 1 is 0.887 bits per heavy atom. The van der Waals surface area contributed by atoms with Crippen LogP contribution in [0.5, 0.6) is 0 Å². The summed E-state index contributed by atoms with van der Waals surface area (Å²) in [6.07, 6.45) is 5.60. The van der Waals surface area contributed by atoms with Gasteiger partial charge in [0.2, 0.25) is 0 Å². The highest BCUT2D eigenvalue weighted by molar-refractivity contribution is 7.99. The lowest BCUT2D eigenvalue weighted by Gasteiger charge is -2.34. The Hall–Kier alpha value is -4.11. The fourth-order valence-electron chi connectivity index (χ4n) is 8.45. The molecule has 0 saturated carbocycles. The molecule has 328 valence electrons. The summed E-state index contributed by atoms with van der Waals surface area (Å²) in [6.45, 7) is 7.31. The van der Waals surface area contributed by atoms with Gasteiger partial charge in [-0.15, -0.1) is 11.8 Å². The number of anilines is 2. The average molecular weight is 922 g/mol. The normalized spacial score (nSPS) is 17.7. The Morgan fingerprint density at radius 2 is 1.60 bits per heavy atom. The fourth-order valence-corrected chi connectivity index (χ4v) is 11.3. The zero-order chi connectivity index (χ0) is 43.6. The van der Waals surface area contributed by atoms with Gasteiger partial charge < -0.3 is 20.0 Å². The summed E-state index contributed by atoms with van der Waals surface area (Å²) in [5, 5.41) is 13.6. The molecular weight excluding hydrogens is 869 g/mol. The topological polar surface area (TPSA) is 84.9 Å². The van der Waals surface area contributed by atoms with E-state index in [-0.39, 0.29) is 29.3 Å². The molecule has 2 fully saturated rings. The number of thioether (sulfide) groups is 1. The maximum absolute atomic E-state index is 14.1. The molecule has 0 radical (unpaired) electrons. The van der Waals surface area contributed by atoms with Crippen LogP contribution in [0, 0.1) is 5.92 Å². The molecule has 4 unspecified atom stereocenters. The predicted octanol–water partition coefficient (Wildman–Crippen LogP) is 10.8. The van der Waals surface area contributed by atoms with Gasteiger partial charge in [0, 0.05) is 58.8 Å². The Morgan fingerprint density at radius 3 is 2.31 bits per heavy atom. The first-order valence-corrected chi connectivity index (χ1v) is 24.6. The number of rotatable bonds is 18. The van der Waals surface area contributed by atoms with Crippen LogP contribution in [0.3, 0.4) is 0 Å². The Kier molecular flexibility index (Phi) is 15.9. The van der Waals surface area contributed by atoms with Gasteiger partial charge in [0.15, 0.2) is 10.8 Å². The second kappa shape index (κ2) is 21.5. The third-order valence-corrected chi connectivity index (χ3v) is 15.4. The van der Waals surface area contributed by atoms with Crippen molar-refractivity contribution in [2.24, 2.45) is 5.92 Å². The molecule has 7 nitrogen and oxygen atoms in total. The summed E-state index contributed by atoms with van der Waals surface area (Å²) in [5.74, 6) is 1.09. The molecule has 2 aliphatic heterocycles. The monoisotopic (exact) mass is 920 g/mol. The fraction of sp³-hybridized carbons (Fsp3) is 0.333. The number of β-amino-alcohol motifs (C(OH)–C–C–N with tert-alkyl or cyclic N) is 1. The number of halogens is 4. The molecule has 2 aliphatic rings. The van der Waals surface area contributed by atoms with Crippen LogP contribution in [0.4, 0.5) is 24.5 Å². The van der Waals surface area contributed by atoms with Crippen molar-refractivity contribution in [3.05, 3.63) is 144 Å². The molecule has 0 aromatic heterocycles. The Labute approximate surface area is 377 Å². The molecule has 0 aliphatic carbocycles. The van der Waals surface area contributed by atoms with Crippen LogP contribution in [0.2, 0.25) is 5.02 Å². The largest absolute Gasteiger partial charge is 0.475 e. The number of nitrogens with zero attached hydrogens (tertiary/aromatic N) is 2. The van der Waals surface area contributed by atoms with Crippen molar-refractivity contribution in [3.63, 3.8) is 0 Å². The lowest BCUT2D eigenvalue weighted by Crippen LogP contribution is -2.37. The predicted molar refractivity (Wildman–Crippen MR) is 250 cm³/mol. The van der Waals surface area contributed by atoms with Crippen molar-refractivity contribution in [2.75, 3.05) is 48.8 Å². The lowest BCUT2D eigenvalue weighted by molar-refractivity contribution is -0.0384. The first kappa shape index (κ1) is 45.9. The summed E-state index contributed by atoms with van der Waals surface area (Å²) in [7, 11) is -5.40. The quantitative estimate of drug-likeness (QED) is 0.0755. The number of piperidine rings is 1. The van der Waals surface area contributed by atoms with E-state index in [9.17, 15) is 26.7 Å². The Balaban J connectivity index is 0.989. The Bertz CT molecular complexity index is 2310. The summed E-state index contributed by atoms with van der Waals surface area (Å²) < 4.78 is 72.0. The van der Waals surface area contributed by atoms with Crippen molar-refractivity contribution in [1.82, 2.24) is 9.62 Å². The van der Waals surface area contributed by atoms with E-state index in [0.717, 1.165) is 79.0 Å². The molecule has 4 atom stereocenters. The first-order chi connectivity index (χ1) is 29.9. The highest BCUT2D eigenvalue weighted by Gasteiger charge is 2.40. The molecule has 5 aromatic carbocycles. The van der Waals surface area contributed by atoms with Crippen LogP contribution in [0.1, 0.15) is 43.2 Å². The average Bonchev–Trinajstić information content (AvgIpc) is 3.72. The van der Waals surface area contributed by atoms with Crippen LogP contribution in [0.25, 0.3) is 16.8 Å². The zero-order valence-electron chi connectivity index (χ0n) is 34.4. The maximum Gasteiger partial charge on any atom is 0.475 e. The van der Waals surface area contributed by atoms with E-state index >= 15 is 0 Å². The van der Waals surface area contributed by atoms with Crippen molar-refractivity contribution in [3.8, 4) is 11.1 Å². The van der Waals surface area contributed by atoms with E-state index < -0.39 is 32.2 Å². The summed E-state index contributed by atoms with van der Waals surface area (Å²) >= 11 is 7.73. The second-order valence-electron chi connectivity index (χ2n) is 15.8. The summed E-state index contributed by atoms with van der Waals surface area (Å²) in [4.78, 5) is 5.15. The number of nitrogens with one attached hydrogen (secondary N) is 2. The van der Waals surface area contributed by atoms with E-state index in [4.69, 9.17) is 11.6 Å². The van der Waals surface area contributed by atoms with Crippen LogP contribution in [-0.4, -0.2) is 74.6 Å². The molecule has 3 N–H and O–H groups in total. The van der Waals surface area contributed by atoms with Gasteiger partial charge in [0.25, 0.3) is 0 Å². The van der Waals surface area contributed by atoms with Crippen molar-refractivity contribution < 1.29 is 26.7 Å². The minimum absolute atomic E-state index is 0.0236. The van der Waals surface area contributed by atoms with E-state index in [2.05, 4.69) is 62.8 Å². The highest BCUT2D eigenvalue weighted by atomic mass is 35.5. The molecular formula is C48H52ClF3N4O3S3. The van der Waals surface area contributed by atoms with Crippen molar-refractivity contribution >= 4 is 62.2 Å². The number of aliphatic hydroxyl groups is 1. The molecule has 7 rings (SSSR count). The minimum Gasteiger partial charge on any atom is -0.395 e. The van der Waals surface area contributed by atoms with Gasteiger partial charge in [0.1, 0.15) is 11.0 Å². The van der Waals surface area contributed by atoms with Crippen LogP contribution in [-0.2, 0) is 28.2 Å². The van der Waals surface area contributed by atoms with Gasteiger partial charge in [-0.3, -0.25) is 4.90 Å². The zero-order valence-corrected chi connectivity index (χ0v) is 37.6. The number of hydrogen-bond donors (Lipinski definition) is 3. The van der Waals surface area contributed by atoms with E-state index in [1.54, 1.807) is 11.8 Å². The molecule has 5 aromatic rings. The molecule has 62 heavy (non-hydrogen) atoms. The van der Waals surface area contributed by atoms with Gasteiger partial charge in [-0.05, 0) is 128 Å². The third kappa shape index (κ3) is 12.1. The molecule has 0 amide bonds. The van der Waals surface area contributed by atoms with Crippen molar-refractivity contribution in [1.29, 1.82) is 0 Å². The third-order valence-electron chi connectivity index (χ3n) is 11.7. The summed E-state index contributed by atoms with van der Waals surface area (Å²) in [5.41, 5.74) is 0.879. The molecule has 14 heteroatoms. The summed E-state index contributed by atoms with van der Waals surface area (Å²) in [6, 6.07) is 38.0. The van der Waals surface area contributed by atoms with E-state index in [1.165, 1.54) is 23.3 Å². The van der Waals surface area contributed by atoms with Gasteiger partial charge >= 0.3 is 5.51 Å². The van der Waals surface area contributed by atoms with Crippen LogP contribution < -0.4 is 14.9 Å². The van der Waals surface area contributed by atoms with Gasteiger partial charge in [-0.25, -0.2) is 8.42 Å². The molecule has 0 spiro atoms. The minimum atomic E-state index is -5.04. The first-order valence-electron chi connectivity index (χ1n) is 20.9. The SMILES string of the molecule is C=C(NS(=O)c1ccc(NC(CSc2ccccc2)CC2CCCN2CCO)c(S(=O)C(F)(F)F)c1)c1ccc(N2CCC(Cc3ccccc3-c3ccc(Cl)cc3)CC2)cc1. The van der Waals surface area contributed by atoms with Gasteiger partial charge in [-0.1, -0.05) is 84.9 Å². The second-order valence-corrected chi connectivity index (χ2v) is 20.0. The number of alkyl halides is 3. The van der Waals surface area contributed by atoms with Gasteiger partial charge in [-0.2, -0.15) is 13.2 Å². The molecule has 0 bridgehead atoms. The lowest BCUT2D eigenvalue weighted by atomic mass is 9.87. The molecule has 2 heterocycles. The maximum atomic E-state index is 14.1. The molecule has 2 saturated heterocycles. The standard InChI is InChI=1S/C48H52ClF3N4O3S3/c1-34(36-15-19-41(20-16-36)56-26-23-35(24-27-56)30-38-8-5-6-12-45(38)37-13-17-39(49)18-14-37)54-62(59)44-21-22-46(47(32-44)61(58)48(50,51)52)53-40(33-60-43-10-3-2-4-11-43)31-42-9-7-25-55(42)28-29-57/h2-6,8,10-22,32,35,40,42,53-54,57H,1,7,9,23-31,33H2. The van der Waals surface area contributed by atoms with Gasteiger partial charge in [0.05, 0.1) is 22.1 Å². The highest BCUT2D eigenvalue weighted by Crippen LogP contribution is 2.36. The van der Waals surface area contributed by atoms with Crippen LogP contribution >= 0.6 is 23.4 Å². The van der Waals surface area contributed by atoms with Crippen LogP contribution in [0.15, 0.2) is 143 Å². The number of benzene rings is 5.